The number of nitro benzene ring substituents is 1. The predicted octanol–water partition coefficient (Wildman–Crippen LogP) is 1.50. The van der Waals surface area contributed by atoms with Gasteiger partial charge in [0.2, 0.25) is 5.91 Å². The first-order chi connectivity index (χ1) is 10.5. The molecule has 1 heterocycles. The summed E-state index contributed by atoms with van der Waals surface area (Å²) in [6.45, 7) is 1.62. The van der Waals surface area contributed by atoms with Gasteiger partial charge in [-0.25, -0.2) is 0 Å². The molecule has 0 aliphatic carbocycles. The maximum absolute atomic E-state index is 11.8. The third-order valence-electron chi connectivity index (χ3n) is 2.96. The number of hydrogen-bond acceptors (Lipinski definition) is 5. The van der Waals surface area contributed by atoms with Crippen LogP contribution in [0.15, 0.2) is 41.0 Å². The molecule has 1 aromatic heterocycles. The molecule has 0 fully saturated rings. The quantitative estimate of drug-likeness (QED) is 0.656. The first-order valence-electron chi connectivity index (χ1n) is 6.34. The maximum atomic E-state index is 11.8. The Morgan fingerprint density at radius 1 is 1.23 bits per heavy atom. The van der Waals surface area contributed by atoms with E-state index >= 15 is 0 Å². The van der Waals surface area contributed by atoms with Crippen molar-refractivity contribution in [1.82, 2.24) is 10.9 Å². The van der Waals surface area contributed by atoms with Crippen molar-refractivity contribution in [2.45, 2.75) is 13.3 Å². The molecule has 0 aliphatic rings. The molecule has 0 radical (unpaired) electrons. The van der Waals surface area contributed by atoms with Crippen LogP contribution in [0.4, 0.5) is 5.69 Å². The second-order valence-electron chi connectivity index (χ2n) is 4.46. The summed E-state index contributed by atoms with van der Waals surface area (Å²) < 4.78 is 4.98. The summed E-state index contributed by atoms with van der Waals surface area (Å²) in [6, 6.07) is 7.39. The Morgan fingerprint density at radius 3 is 2.59 bits per heavy atom. The van der Waals surface area contributed by atoms with Gasteiger partial charge >= 0.3 is 0 Å². The number of rotatable bonds is 4. The highest BCUT2D eigenvalue weighted by Crippen LogP contribution is 2.17. The smallest absolute Gasteiger partial charge is 0.273 e. The minimum absolute atomic E-state index is 0.144. The van der Waals surface area contributed by atoms with Crippen molar-refractivity contribution in [3.63, 3.8) is 0 Å². The highest BCUT2D eigenvalue weighted by Gasteiger charge is 2.16. The molecule has 2 rings (SSSR count). The normalized spacial score (nSPS) is 10.0. The van der Waals surface area contributed by atoms with Crippen LogP contribution in [0.5, 0.6) is 0 Å². The first-order valence-corrected chi connectivity index (χ1v) is 6.34. The summed E-state index contributed by atoms with van der Waals surface area (Å²) >= 11 is 0. The molecule has 8 nitrogen and oxygen atoms in total. The van der Waals surface area contributed by atoms with E-state index in [0.29, 0.717) is 11.3 Å². The molecule has 0 saturated carbocycles. The van der Waals surface area contributed by atoms with E-state index in [1.54, 1.807) is 13.0 Å². The average Bonchev–Trinajstić information content (AvgIpc) is 2.91. The molecule has 114 valence electrons. The van der Waals surface area contributed by atoms with Crippen molar-refractivity contribution in [3.8, 4) is 0 Å². The monoisotopic (exact) mass is 303 g/mol. The number of hydrazine groups is 1. The van der Waals surface area contributed by atoms with Gasteiger partial charge in [0.05, 0.1) is 23.2 Å². The number of amides is 2. The molecule has 0 saturated heterocycles. The molecular formula is C14H13N3O5. The van der Waals surface area contributed by atoms with E-state index in [9.17, 15) is 19.7 Å². The Hall–Kier alpha value is -3.16. The number of carbonyl (C=O) groups excluding carboxylic acids is 2. The van der Waals surface area contributed by atoms with Crippen molar-refractivity contribution in [2.24, 2.45) is 0 Å². The van der Waals surface area contributed by atoms with Crippen LogP contribution in [-0.2, 0) is 11.2 Å². The zero-order chi connectivity index (χ0) is 16.1. The van der Waals surface area contributed by atoms with E-state index in [-0.39, 0.29) is 17.7 Å². The minimum atomic E-state index is -0.566. The van der Waals surface area contributed by atoms with Gasteiger partial charge in [-0.15, -0.1) is 0 Å². The standard InChI is InChI=1S/C14H13N3O5/c1-9-11(6-7-22-9)14(19)16-15-13(18)8-10-4-2-3-5-12(10)17(20)21/h2-7H,8H2,1H3,(H,15,18)(H,16,19). The van der Waals surface area contributed by atoms with Crippen molar-refractivity contribution in [3.05, 3.63) is 63.6 Å². The molecule has 8 heteroatoms. The van der Waals surface area contributed by atoms with Gasteiger partial charge < -0.3 is 4.42 Å². The number of para-hydroxylation sites is 1. The summed E-state index contributed by atoms with van der Waals surface area (Å²) in [4.78, 5) is 33.8. The summed E-state index contributed by atoms with van der Waals surface area (Å²) in [5.74, 6) is -0.670. The largest absolute Gasteiger partial charge is 0.469 e. The highest BCUT2D eigenvalue weighted by molar-refractivity contribution is 5.96. The van der Waals surface area contributed by atoms with E-state index in [1.165, 1.54) is 30.5 Å². The molecule has 0 atom stereocenters. The lowest BCUT2D eigenvalue weighted by molar-refractivity contribution is -0.385. The molecule has 0 spiro atoms. The Morgan fingerprint density at radius 2 is 1.95 bits per heavy atom. The molecule has 0 unspecified atom stereocenters. The molecule has 0 aliphatic heterocycles. The fraction of sp³-hybridized carbons (Fsp3) is 0.143. The third-order valence-corrected chi connectivity index (χ3v) is 2.96. The lowest BCUT2D eigenvalue weighted by Gasteiger charge is -2.07. The maximum Gasteiger partial charge on any atom is 0.273 e. The number of furan rings is 1. The number of carbonyl (C=O) groups is 2. The molecule has 2 N–H and O–H groups in total. The van der Waals surface area contributed by atoms with Crippen LogP contribution in [-0.4, -0.2) is 16.7 Å². The van der Waals surface area contributed by atoms with Crippen LogP contribution in [0.25, 0.3) is 0 Å². The predicted molar refractivity (Wildman–Crippen MR) is 75.9 cm³/mol. The van der Waals surface area contributed by atoms with E-state index in [0.717, 1.165) is 0 Å². The van der Waals surface area contributed by atoms with E-state index in [2.05, 4.69) is 10.9 Å². The Labute approximate surface area is 125 Å². The molecule has 22 heavy (non-hydrogen) atoms. The average molecular weight is 303 g/mol. The van der Waals surface area contributed by atoms with Crippen LogP contribution in [0.1, 0.15) is 21.7 Å². The summed E-state index contributed by atoms with van der Waals surface area (Å²) in [5.41, 5.74) is 4.85. The van der Waals surface area contributed by atoms with Crippen molar-refractivity contribution >= 4 is 17.5 Å². The van der Waals surface area contributed by atoms with E-state index in [4.69, 9.17) is 4.42 Å². The van der Waals surface area contributed by atoms with Gasteiger partial charge in [-0.3, -0.25) is 30.6 Å². The number of nitro groups is 1. The number of benzene rings is 1. The van der Waals surface area contributed by atoms with Crippen molar-refractivity contribution in [2.75, 3.05) is 0 Å². The second kappa shape index (κ2) is 6.53. The molecule has 2 amide bonds. The number of nitrogens with zero attached hydrogens (tertiary/aromatic N) is 1. The van der Waals surface area contributed by atoms with Gasteiger partial charge in [0, 0.05) is 11.6 Å². The Balaban J connectivity index is 1.95. The van der Waals surface area contributed by atoms with E-state index in [1.807, 2.05) is 0 Å². The highest BCUT2D eigenvalue weighted by atomic mass is 16.6. The lowest BCUT2D eigenvalue weighted by Crippen LogP contribution is -2.42. The first kappa shape index (κ1) is 15.2. The number of nitrogens with one attached hydrogen (secondary N) is 2. The lowest BCUT2D eigenvalue weighted by atomic mass is 10.1. The molecular weight excluding hydrogens is 290 g/mol. The second-order valence-corrected chi connectivity index (χ2v) is 4.46. The summed E-state index contributed by atoms with van der Waals surface area (Å²) in [6.07, 6.45) is 1.14. The molecule has 1 aromatic carbocycles. The van der Waals surface area contributed by atoms with Gasteiger partial charge in [0.1, 0.15) is 5.76 Å². The minimum Gasteiger partial charge on any atom is -0.469 e. The van der Waals surface area contributed by atoms with Crippen LogP contribution in [0.2, 0.25) is 0 Å². The topological polar surface area (TPSA) is 114 Å². The van der Waals surface area contributed by atoms with Crippen LogP contribution >= 0.6 is 0 Å². The van der Waals surface area contributed by atoms with Gasteiger partial charge in [-0.1, -0.05) is 18.2 Å². The van der Waals surface area contributed by atoms with Crippen molar-refractivity contribution in [1.29, 1.82) is 0 Å². The fourth-order valence-electron chi connectivity index (χ4n) is 1.87. The molecule has 0 bridgehead atoms. The van der Waals surface area contributed by atoms with Crippen LogP contribution in [0.3, 0.4) is 0 Å². The van der Waals surface area contributed by atoms with Crippen LogP contribution < -0.4 is 10.9 Å². The van der Waals surface area contributed by atoms with Crippen LogP contribution in [0, 0.1) is 17.0 Å². The van der Waals surface area contributed by atoms with Crippen molar-refractivity contribution < 1.29 is 18.9 Å². The fourth-order valence-corrected chi connectivity index (χ4v) is 1.87. The SMILES string of the molecule is Cc1occc1C(=O)NNC(=O)Cc1ccccc1[N+](=O)[O-]. The van der Waals surface area contributed by atoms with Gasteiger partial charge in [-0.05, 0) is 13.0 Å². The third kappa shape index (κ3) is 3.48. The zero-order valence-corrected chi connectivity index (χ0v) is 11.7. The zero-order valence-electron chi connectivity index (χ0n) is 11.7. The summed E-state index contributed by atoms with van der Waals surface area (Å²) in [7, 11) is 0. The summed E-state index contributed by atoms with van der Waals surface area (Å²) in [5, 5.41) is 10.9. The van der Waals surface area contributed by atoms with Gasteiger partial charge in [0.25, 0.3) is 11.6 Å². The van der Waals surface area contributed by atoms with Gasteiger partial charge in [-0.2, -0.15) is 0 Å². The number of aryl methyl sites for hydroxylation is 1. The Kier molecular flexibility index (Phi) is 4.52. The number of hydrogen-bond donors (Lipinski definition) is 2. The van der Waals surface area contributed by atoms with Gasteiger partial charge in [0.15, 0.2) is 0 Å². The Bertz CT molecular complexity index is 723. The molecule has 2 aromatic rings. The van der Waals surface area contributed by atoms with E-state index < -0.39 is 16.7 Å².